The van der Waals surface area contributed by atoms with E-state index in [1.54, 1.807) is 12.1 Å². The molecule has 0 amide bonds. The van der Waals surface area contributed by atoms with E-state index in [0.717, 1.165) is 18.5 Å². The van der Waals surface area contributed by atoms with Crippen molar-refractivity contribution in [3.05, 3.63) is 39.9 Å². The lowest BCUT2D eigenvalue weighted by molar-refractivity contribution is -0.384. The average Bonchev–Trinajstić information content (AvgIpc) is 2.29. The summed E-state index contributed by atoms with van der Waals surface area (Å²) in [5.74, 6) is 0. The van der Waals surface area contributed by atoms with E-state index >= 15 is 0 Å². The first-order valence-electron chi connectivity index (χ1n) is 6.13. The number of hydrogen-bond donors (Lipinski definition) is 1. The van der Waals surface area contributed by atoms with Gasteiger partial charge in [-0.05, 0) is 31.2 Å². The van der Waals surface area contributed by atoms with Crippen molar-refractivity contribution in [3.8, 4) is 0 Å². The van der Waals surface area contributed by atoms with Crippen molar-refractivity contribution < 1.29 is 4.92 Å². The first kappa shape index (κ1) is 12.0. The first-order valence-corrected chi connectivity index (χ1v) is 6.13. The number of benzene rings is 1. The second kappa shape index (κ2) is 4.84. The highest BCUT2D eigenvalue weighted by Gasteiger charge is 2.34. The van der Waals surface area contributed by atoms with Gasteiger partial charge in [0.25, 0.3) is 5.69 Å². The van der Waals surface area contributed by atoms with Crippen LogP contribution in [0.5, 0.6) is 0 Å². The molecule has 0 atom stereocenters. The van der Waals surface area contributed by atoms with Gasteiger partial charge in [-0.1, -0.05) is 19.1 Å². The fraction of sp³-hybridized carbons (Fsp3) is 0.538. The van der Waals surface area contributed by atoms with E-state index < -0.39 is 0 Å². The zero-order valence-electron chi connectivity index (χ0n) is 10.1. The minimum absolute atomic E-state index is 0.155. The van der Waals surface area contributed by atoms with Gasteiger partial charge in [-0.25, -0.2) is 0 Å². The van der Waals surface area contributed by atoms with Crippen LogP contribution in [0.2, 0.25) is 0 Å². The molecule has 1 fully saturated rings. The molecule has 0 spiro atoms. The Bertz CT molecular complexity index is 391. The summed E-state index contributed by atoms with van der Waals surface area (Å²) in [6.07, 6.45) is 4.95. The lowest BCUT2D eigenvalue weighted by atomic mass is 9.75. The zero-order valence-corrected chi connectivity index (χ0v) is 10.1. The summed E-state index contributed by atoms with van der Waals surface area (Å²) >= 11 is 0. The van der Waals surface area contributed by atoms with Crippen LogP contribution in [0.3, 0.4) is 0 Å². The van der Waals surface area contributed by atoms with Crippen LogP contribution in [-0.4, -0.2) is 10.5 Å². The maximum atomic E-state index is 10.5. The van der Waals surface area contributed by atoms with Gasteiger partial charge < -0.3 is 5.32 Å². The second-order valence-electron chi connectivity index (χ2n) is 4.76. The molecule has 0 aromatic heterocycles. The Morgan fingerprint density at radius 3 is 2.41 bits per heavy atom. The molecule has 1 N–H and O–H groups in total. The van der Waals surface area contributed by atoms with Gasteiger partial charge in [-0.2, -0.15) is 0 Å². The van der Waals surface area contributed by atoms with Crippen LogP contribution in [-0.2, 0) is 6.54 Å². The third-order valence-corrected chi connectivity index (χ3v) is 3.80. The van der Waals surface area contributed by atoms with Crippen molar-refractivity contribution in [2.24, 2.45) is 0 Å². The first-order chi connectivity index (χ1) is 8.15. The van der Waals surface area contributed by atoms with E-state index in [1.165, 1.54) is 19.3 Å². The van der Waals surface area contributed by atoms with E-state index in [-0.39, 0.29) is 10.6 Å². The number of hydrogen-bond acceptors (Lipinski definition) is 3. The standard InChI is InChI=1S/C13H18N2O2/c1-2-13(8-3-9-13)14-10-11-4-6-12(7-5-11)15(16)17/h4-7,14H,2-3,8-10H2,1H3. The molecule has 0 unspecified atom stereocenters. The molecular formula is C13H18N2O2. The molecule has 0 bridgehead atoms. The normalized spacial score (nSPS) is 17.5. The van der Waals surface area contributed by atoms with Crippen LogP contribution in [0, 0.1) is 10.1 Å². The van der Waals surface area contributed by atoms with Crippen molar-refractivity contribution in [1.29, 1.82) is 0 Å². The van der Waals surface area contributed by atoms with Gasteiger partial charge in [0.15, 0.2) is 0 Å². The number of nitro benzene ring substituents is 1. The van der Waals surface area contributed by atoms with Crippen molar-refractivity contribution in [1.82, 2.24) is 5.32 Å². The van der Waals surface area contributed by atoms with Gasteiger partial charge in [0.2, 0.25) is 0 Å². The third-order valence-electron chi connectivity index (χ3n) is 3.80. The Balaban J connectivity index is 1.93. The summed E-state index contributed by atoms with van der Waals surface area (Å²) in [4.78, 5) is 10.2. The smallest absolute Gasteiger partial charge is 0.269 e. The summed E-state index contributed by atoms with van der Waals surface area (Å²) in [5.41, 5.74) is 1.58. The lowest BCUT2D eigenvalue weighted by Crippen LogP contribution is -2.49. The van der Waals surface area contributed by atoms with Crippen LogP contribution in [0.4, 0.5) is 5.69 Å². The van der Waals surface area contributed by atoms with Crippen molar-refractivity contribution in [2.75, 3.05) is 0 Å². The SMILES string of the molecule is CCC1(NCc2ccc([N+](=O)[O-])cc2)CCC1. The molecule has 1 aromatic rings. The Kier molecular flexibility index (Phi) is 3.43. The summed E-state index contributed by atoms with van der Waals surface area (Å²) in [7, 11) is 0. The van der Waals surface area contributed by atoms with Crippen LogP contribution in [0.25, 0.3) is 0 Å². The molecule has 0 heterocycles. The lowest BCUT2D eigenvalue weighted by Gasteiger charge is -2.42. The average molecular weight is 234 g/mol. The van der Waals surface area contributed by atoms with Gasteiger partial charge in [0.05, 0.1) is 4.92 Å². The Labute approximate surface area is 101 Å². The van der Waals surface area contributed by atoms with E-state index in [9.17, 15) is 10.1 Å². The van der Waals surface area contributed by atoms with Crippen molar-refractivity contribution in [2.45, 2.75) is 44.7 Å². The van der Waals surface area contributed by atoms with Crippen LogP contribution in [0.15, 0.2) is 24.3 Å². The molecule has 0 saturated heterocycles. The molecular weight excluding hydrogens is 216 g/mol. The Morgan fingerprint density at radius 1 is 1.35 bits per heavy atom. The highest BCUT2D eigenvalue weighted by Crippen LogP contribution is 2.34. The van der Waals surface area contributed by atoms with Crippen molar-refractivity contribution >= 4 is 5.69 Å². The number of nitro groups is 1. The fourth-order valence-electron chi connectivity index (χ4n) is 2.28. The van der Waals surface area contributed by atoms with Crippen LogP contribution >= 0.6 is 0 Å². The zero-order chi connectivity index (χ0) is 12.3. The molecule has 1 aromatic carbocycles. The van der Waals surface area contributed by atoms with Crippen LogP contribution < -0.4 is 5.32 Å². The fourth-order valence-corrected chi connectivity index (χ4v) is 2.28. The van der Waals surface area contributed by atoms with E-state index in [1.807, 2.05) is 12.1 Å². The van der Waals surface area contributed by atoms with Crippen LogP contribution in [0.1, 0.15) is 38.2 Å². The van der Waals surface area contributed by atoms with Gasteiger partial charge in [-0.3, -0.25) is 10.1 Å². The number of nitrogens with one attached hydrogen (secondary N) is 1. The number of non-ortho nitro benzene ring substituents is 1. The monoisotopic (exact) mass is 234 g/mol. The quantitative estimate of drug-likeness (QED) is 0.629. The Morgan fingerprint density at radius 2 is 2.00 bits per heavy atom. The summed E-state index contributed by atoms with van der Waals surface area (Å²) < 4.78 is 0. The molecule has 1 saturated carbocycles. The van der Waals surface area contributed by atoms with E-state index in [2.05, 4.69) is 12.2 Å². The minimum atomic E-state index is -0.364. The number of nitrogens with zero attached hydrogens (tertiary/aromatic N) is 1. The van der Waals surface area contributed by atoms with E-state index in [4.69, 9.17) is 0 Å². The topological polar surface area (TPSA) is 55.2 Å². The molecule has 1 aliphatic rings. The van der Waals surface area contributed by atoms with Gasteiger partial charge in [-0.15, -0.1) is 0 Å². The van der Waals surface area contributed by atoms with Crippen molar-refractivity contribution in [3.63, 3.8) is 0 Å². The summed E-state index contributed by atoms with van der Waals surface area (Å²) in [6, 6.07) is 6.78. The minimum Gasteiger partial charge on any atom is -0.307 e. The molecule has 17 heavy (non-hydrogen) atoms. The third kappa shape index (κ3) is 2.64. The summed E-state index contributed by atoms with van der Waals surface area (Å²) in [5, 5.41) is 14.1. The largest absolute Gasteiger partial charge is 0.307 e. The molecule has 1 aliphatic carbocycles. The predicted molar refractivity (Wildman–Crippen MR) is 66.8 cm³/mol. The molecule has 4 heteroatoms. The number of rotatable bonds is 5. The van der Waals surface area contributed by atoms with Gasteiger partial charge >= 0.3 is 0 Å². The molecule has 4 nitrogen and oxygen atoms in total. The predicted octanol–water partition coefficient (Wildman–Crippen LogP) is 3.02. The van der Waals surface area contributed by atoms with Gasteiger partial charge in [0, 0.05) is 24.2 Å². The Hall–Kier alpha value is -1.42. The summed E-state index contributed by atoms with van der Waals surface area (Å²) in [6.45, 7) is 3.01. The van der Waals surface area contributed by atoms with E-state index in [0.29, 0.717) is 5.54 Å². The molecule has 92 valence electrons. The molecule has 0 radical (unpaired) electrons. The van der Waals surface area contributed by atoms with Gasteiger partial charge in [0.1, 0.15) is 0 Å². The molecule has 0 aliphatic heterocycles. The highest BCUT2D eigenvalue weighted by atomic mass is 16.6. The molecule has 2 rings (SSSR count). The second-order valence-corrected chi connectivity index (χ2v) is 4.76. The highest BCUT2D eigenvalue weighted by molar-refractivity contribution is 5.32. The maximum Gasteiger partial charge on any atom is 0.269 e. The maximum absolute atomic E-state index is 10.5.